The van der Waals surface area contributed by atoms with Crippen molar-refractivity contribution in [2.75, 3.05) is 19.0 Å². The summed E-state index contributed by atoms with van der Waals surface area (Å²) in [5, 5.41) is 18.9. The van der Waals surface area contributed by atoms with Gasteiger partial charge >= 0.3 is 6.03 Å². The van der Waals surface area contributed by atoms with Crippen LogP contribution in [0.4, 0.5) is 10.5 Å². The fraction of sp³-hybridized carbons (Fsp3) is 0.500. The first kappa shape index (κ1) is 25.4. The molecule has 0 radical (unpaired) electrons. The van der Waals surface area contributed by atoms with Crippen LogP contribution in [0, 0.1) is 0 Å². The Morgan fingerprint density at radius 1 is 1.11 bits per heavy atom. The lowest BCUT2D eigenvalue weighted by Gasteiger charge is -2.37. The molecular formula is C28H35N3O6. The van der Waals surface area contributed by atoms with E-state index in [1.807, 2.05) is 42.5 Å². The van der Waals surface area contributed by atoms with Crippen LogP contribution in [0.1, 0.15) is 55.6 Å². The largest absolute Gasteiger partial charge is 0.497 e. The molecule has 0 spiro atoms. The number of hydrogen-bond donors (Lipinski definition) is 4. The minimum Gasteiger partial charge on any atom is -0.497 e. The van der Waals surface area contributed by atoms with Gasteiger partial charge in [-0.25, -0.2) is 4.79 Å². The van der Waals surface area contributed by atoms with Crippen molar-refractivity contribution >= 4 is 17.6 Å². The number of anilines is 1. The van der Waals surface area contributed by atoms with Crippen LogP contribution in [0.15, 0.2) is 42.5 Å². The molecule has 37 heavy (non-hydrogen) atoms. The summed E-state index contributed by atoms with van der Waals surface area (Å²) >= 11 is 0. The van der Waals surface area contributed by atoms with Gasteiger partial charge in [-0.05, 0) is 55.2 Å². The van der Waals surface area contributed by atoms with Gasteiger partial charge in [-0.15, -0.1) is 0 Å². The zero-order chi connectivity index (χ0) is 25.8. The van der Waals surface area contributed by atoms with Gasteiger partial charge < -0.3 is 35.3 Å². The molecule has 5 rings (SSSR count). The highest BCUT2D eigenvalue weighted by molar-refractivity contribution is 5.89. The van der Waals surface area contributed by atoms with Crippen LogP contribution >= 0.6 is 0 Å². The summed E-state index contributed by atoms with van der Waals surface area (Å²) in [4.78, 5) is 25.2. The van der Waals surface area contributed by atoms with Crippen molar-refractivity contribution in [3.63, 3.8) is 0 Å². The summed E-state index contributed by atoms with van der Waals surface area (Å²) in [7, 11) is 1.62. The maximum atomic E-state index is 12.7. The average molecular weight is 510 g/mol. The third kappa shape index (κ3) is 5.99. The maximum Gasteiger partial charge on any atom is 0.319 e. The Balaban J connectivity index is 1.20. The van der Waals surface area contributed by atoms with Gasteiger partial charge in [-0.2, -0.15) is 0 Å². The smallest absolute Gasteiger partial charge is 0.319 e. The molecular weight excluding hydrogens is 474 g/mol. The van der Waals surface area contributed by atoms with E-state index in [-0.39, 0.29) is 49.1 Å². The molecule has 0 bridgehead atoms. The molecule has 3 aliphatic rings. The summed E-state index contributed by atoms with van der Waals surface area (Å²) in [6.45, 7) is 0.211. The number of aliphatic hydroxyl groups excluding tert-OH is 1. The van der Waals surface area contributed by atoms with Crippen molar-refractivity contribution in [3.05, 3.63) is 53.6 Å². The lowest BCUT2D eigenvalue weighted by Crippen LogP contribution is -2.47. The molecule has 198 valence electrons. The molecule has 2 heterocycles. The quantitative estimate of drug-likeness (QED) is 0.433. The highest BCUT2D eigenvalue weighted by Crippen LogP contribution is 2.47. The minimum atomic E-state index is -0.535. The van der Waals surface area contributed by atoms with Gasteiger partial charge in [0.25, 0.3) is 0 Å². The van der Waals surface area contributed by atoms with Gasteiger partial charge in [0, 0.05) is 29.8 Å². The second kappa shape index (κ2) is 11.4. The van der Waals surface area contributed by atoms with E-state index in [0.717, 1.165) is 48.3 Å². The van der Waals surface area contributed by atoms with Crippen LogP contribution in [0.2, 0.25) is 0 Å². The van der Waals surface area contributed by atoms with E-state index in [0.29, 0.717) is 18.7 Å². The number of ether oxygens (including phenoxy) is 3. The number of carbonyl (C=O) groups is 2. The number of hydrogen-bond acceptors (Lipinski definition) is 6. The maximum absolute atomic E-state index is 12.7. The van der Waals surface area contributed by atoms with Crippen LogP contribution in [0.25, 0.3) is 0 Å². The fourth-order valence-electron chi connectivity index (χ4n) is 5.61. The monoisotopic (exact) mass is 509 g/mol. The topological polar surface area (TPSA) is 118 Å². The van der Waals surface area contributed by atoms with E-state index in [2.05, 4.69) is 16.0 Å². The van der Waals surface area contributed by atoms with Gasteiger partial charge in [-0.1, -0.05) is 25.0 Å². The molecule has 0 aromatic heterocycles. The van der Waals surface area contributed by atoms with Crippen LogP contribution in [0.3, 0.4) is 0 Å². The van der Waals surface area contributed by atoms with Crippen LogP contribution in [-0.4, -0.2) is 55.1 Å². The second-order valence-electron chi connectivity index (χ2n) is 10.1. The fourth-order valence-corrected chi connectivity index (χ4v) is 5.61. The summed E-state index contributed by atoms with van der Waals surface area (Å²) in [6, 6.07) is 13.2. The second-order valence-corrected chi connectivity index (χ2v) is 10.1. The van der Waals surface area contributed by atoms with Gasteiger partial charge in [0.1, 0.15) is 23.7 Å². The summed E-state index contributed by atoms with van der Waals surface area (Å²) < 4.78 is 17.4. The first-order chi connectivity index (χ1) is 18.0. The highest BCUT2D eigenvalue weighted by atomic mass is 16.6. The highest BCUT2D eigenvalue weighted by Gasteiger charge is 2.46. The molecule has 2 fully saturated rings. The summed E-state index contributed by atoms with van der Waals surface area (Å²) in [5.74, 6) is 1.33. The number of fused-ring (bicyclic) bond motifs is 3. The molecule has 4 N–H and O–H groups in total. The molecule has 0 unspecified atom stereocenters. The zero-order valence-corrected chi connectivity index (χ0v) is 21.1. The molecule has 1 saturated carbocycles. The molecule has 3 amide bonds. The number of rotatable bonds is 8. The summed E-state index contributed by atoms with van der Waals surface area (Å²) in [5.41, 5.74) is 2.63. The molecule has 1 aliphatic carbocycles. The van der Waals surface area contributed by atoms with Crippen molar-refractivity contribution in [1.82, 2.24) is 10.6 Å². The normalized spacial score (nSPS) is 24.5. The number of nitrogens with one attached hydrogen (secondary N) is 3. The summed E-state index contributed by atoms with van der Waals surface area (Å²) in [6.07, 6.45) is 3.90. The van der Waals surface area contributed by atoms with Gasteiger partial charge in [0.05, 0.1) is 26.2 Å². The van der Waals surface area contributed by atoms with Crippen molar-refractivity contribution in [2.45, 2.75) is 75.3 Å². The van der Waals surface area contributed by atoms with Crippen LogP contribution < -0.4 is 25.4 Å². The van der Waals surface area contributed by atoms with Crippen molar-refractivity contribution in [3.8, 4) is 11.5 Å². The number of benzene rings is 2. The SMILES string of the molecule is COc1ccc(CNC(=O)C[C@@H]2C[C@@H]3c4cc(NC(=O)NC5CCCC5)ccc4O[C@@H]3[C@@H](CO)O2)cc1. The lowest BCUT2D eigenvalue weighted by molar-refractivity contribution is -0.142. The van der Waals surface area contributed by atoms with E-state index < -0.39 is 6.10 Å². The minimum absolute atomic E-state index is 0.0417. The predicted octanol–water partition coefficient (Wildman–Crippen LogP) is 3.46. The van der Waals surface area contributed by atoms with Gasteiger partial charge in [0.2, 0.25) is 5.91 Å². The average Bonchev–Trinajstić information content (AvgIpc) is 3.55. The number of aliphatic hydroxyl groups is 1. The standard InChI is InChI=1S/C28H35N3O6/c1-35-20-9-6-17(7-10-20)15-29-26(33)14-21-13-23-22-12-19(31-28(34)30-18-4-2-3-5-18)8-11-24(22)37-27(23)25(16-32)36-21/h6-12,18,21,23,25,27,32H,2-5,13-16H2,1H3,(H,29,33)(H2,30,31,34)/t21-,23+,25+,27-/m0/s1. The Morgan fingerprint density at radius 2 is 1.89 bits per heavy atom. The molecule has 9 nitrogen and oxygen atoms in total. The Kier molecular flexibility index (Phi) is 7.81. The third-order valence-electron chi connectivity index (χ3n) is 7.51. The van der Waals surface area contributed by atoms with Crippen molar-refractivity contribution in [2.24, 2.45) is 0 Å². The van der Waals surface area contributed by atoms with Gasteiger partial charge in [0.15, 0.2) is 0 Å². The zero-order valence-electron chi connectivity index (χ0n) is 21.1. The molecule has 2 aromatic rings. The van der Waals surface area contributed by atoms with Crippen molar-refractivity contribution < 1.29 is 28.9 Å². The van der Waals surface area contributed by atoms with E-state index in [1.165, 1.54) is 0 Å². The lowest BCUT2D eigenvalue weighted by atomic mass is 9.84. The molecule has 9 heteroatoms. The van der Waals surface area contributed by atoms with E-state index in [4.69, 9.17) is 14.2 Å². The Bertz CT molecular complexity index is 1100. The van der Waals surface area contributed by atoms with Crippen molar-refractivity contribution in [1.29, 1.82) is 0 Å². The number of amides is 3. The van der Waals surface area contributed by atoms with Gasteiger partial charge in [-0.3, -0.25) is 4.79 Å². The number of carbonyl (C=O) groups excluding carboxylic acids is 2. The van der Waals surface area contributed by atoms with E-state index in [1.54, 1.807) is 7.11 Å². The number of urea groups is 1. The third-order valence-corrected chi connectivity index (χ3v) is 7.51. The molecule has 2 aliphatic heterocycles. The molecule has 4 atom stereocenters. The number of methoxy groups -OCH3 is 1. The Hall–Kier alpha value is -3.30. The van der Waals surface area contributed by atoms with E-state index >= 15 is 0 Å². The molecule has 2 aromatic carbocycles. The Morgan fingerprint density at radius 3 is 2.62 bits per heavy atom. The predicted molar refractivity (Wildman–Crippen MR) is 138 cm³/mol. The van der Waals surface area contributed by atoms with Crippen LogP contribution in [-0.2, 0) is 16.1 Å². The molecule has 1 saturated heterocycles. The Labute approximate surface area is 216 Å². The first-order valence-corrected chi connectivity index (χ1v) is 13.1. The van der Waals surface area contributed by atoms with E-state index in [9.17, 15) is 14.7 Å². The first-order valence-electron chi connectivity index (χ1n) is 13.1. The van der Waals surface area contributed by atoms with Crippen LogP contribution in [0.5, 0.6) is 11.5 Å².